The lowest BCUT2D eigenvalue weighted by molar-refractivity contribution is 0.110. The molecule has 1 nitrogen and oxygen atoms in total. The van der Waals surface area contributed by atoms with Crippen molar-refractivity contribution in [1.82, 2.24) is 0 Å². The summed E-state index contributed by atoms with van der Waals surface area (Å²) in [6.07, 6.45) is -5.63. The smallest absolute Gasteiger partial charge is 0.264 e. The highest BCUT2D eigenvalue weighted by molar-refractivity contribution is 5.77. The highest BCUT2D eigenvalue weighted by Crippen LogP contribution is 2.27. The third kappa shape index (κ3) is 2.10. The third-order valence-corrected chi connectivity index (χ3v) is 1.63. The molecule has 14 heavy (non-hydrogen) atoms. The van der Waals surface area contributed by atoms with Crippen LogP contribution in [0, 0.1) is 6.07 Å². The molecule has 0 unspecified atom stereocenters. The normalized spacial score (nSPS) is 11.0. The number of hydrogen-bond donors (Lipinski definition) is 0. The van der Waals surface area contributed by atoms with Gasteiger partial charge in [-0.1, -0.05) is 0 Å². The minimum atomic E-state index is -2.95. The third-order valence-electron chi connectivity index (χ3n) is 1.63. The van der Waals surface area contributed by atoms with Crippen LogP contribution >= 0.6 is 0 Å². The number of carbonyl (C=O) groups is 1. The molecule has 0 bridgehead atoms. The van der Waals surface area contributed by atoms with Crippen molar-refractivity contribution in [3.63, 3.8) is 0 Å². The second-order valence-corrected chi connectivity index (χ2v) is 2.52. The molecule has 0 aromatic heterocycles. The fourth-order valence-electron chi connectivity index (χ4n) is 0.952. The van der Waals surface area contributed by atoms with Crippen LogP contribution in [0.1, 0.15) is 34.3 Å². The lowest BCUT2D eigenvalue weighted by Gasteiger charge is -2.05. The molecule has 0 N–H and O–H groups in total. The number of carbonyl (C=O) groups excluding carboxylic acids is 1. The summed E-state index contributed by atoms with van der Waals surface area (Å²) in [4.78, 5) is 10.3. The summed E-state index contributed by atoms with van der Waals surface area (Å²) in [6, 6.07) is 3.54. The van der Waals surface area contributed by atoms with Crippen molar-refractivity contribution in [1.29, 1.82) is 0 Å². The largest absolute Gasteiger partial charge is 0.298 e. The molecule has 0 saturated heterocycles. The van der Waals surface area contributed by atoms with Gasteiger partial charge in [-0.25, -0.2) is 17.6 Å². The Morgan fingerprint density at radius 2 is 1.86 bits per heavy atom. The number of rotatable bonds is 3. The van der Waals surface area contributed by atoms with Crippen molar-refractivity contribution in [3.8, 4) is 0 Å². The molecule has 0 amide bonds. The van der Waals surface area contributed by atoms with Gasteiger partial charge in [-0.3, -0.25) is 4.79 Å². The van der Waals surface area contributed by atoms with E-state index in [0.717, 1.165) is 6.07 Å². The molecule has 1 aromatic carbocycles. The highest BCUT2D eigenvalue weighted by Gasteiger charge is 2.16. The molecule has 0 aliphatic heterocycles. The van der Waals surface area contributed by atoms with Gasteiger partial charge in [0.05, 0.1) is 0 Å². The van der Waals surface area contributed by atoms with Crippen molar-refractivity contribution in [3.05, 3.63) is 34.9 Å². The maximum Gasteiger partial charge on any atom is 0.264 e. The lowest BCUT2D eigenvalue weighted by atomic mass is 10.1. The highest BCUT2D eigenvalue weighted by atomic mass is 19.3. The second kappa shape index (κ2) is 4.21. The van der Waals surface area contributed by atoms with Gasteiger partial charge in [0.25, 0.3) is 12.9 Å². The van der Waals surface area contributed by atoms with Crippen molar-refractivity contribution < 1.29 is 22.4 Å². The van der Waals surface area contributed by atoms with E-state index in [-0.39, 0.29) is 11.8 Å². The number of benzene rings is 1. The summed E-state index contributed by atoms with van der Waals surface area (Å²) < 4.78 is 48.7. The van der Waals surface area contributed by atoms with Crippen LogP contribution < -0.4 is 0 Å². The lowest BCUT2D eigenvalue weighted by Crippen LogP contribution is -1.96. The van der Waals surface area contributed by atoms with Crippen LogP contribution in [0.3, 0.4) is 0 Å². The summed E-state index contributed by atoms with van der Waals surface area (Å²) in [5, 5.41) is 0. The maximum absolute atomic E-state index is 12.2. The van der Waals surface area contributed by atoms with Crippen molar-refractivity contribution in [2.45, 2.75) is 12.9 Å². The first-order valence-corrected chi connectivity index (χ1v) is 3.63. The first-order valence-electron chi connectivity index (χ1n) is 3.63. The van der Waals surface area contributed by atoms with Gasteiger partial charge >= 0.3 is 0 Å². The first kappa shape index (κ1) is 10.7. The zero-order valence-corrected chi connectivity index (χ0v) is 6.81. The monoisotopic (exact) mass is 205 g/mol. The van der Waals surface area contributed by atoms with Crippen LogP contribution in [0.15, 0.2) is 12.1 Å². The van der Waals surface area contributed by atoms with Crippen molar-refractivity contribution in [2.75, 3.05) is 0 Å². The van der Waals surface area contributed by atoms with Gasteiger partial charge in [-0.05, 0) is 18.2 Å². The minimum absolute atomic E-state index is 0.163. The first-order chi connectivity index (χ1) is 6.56. The molecule has 0 spiro atoms. The summed E-state index contributed by atoms with van der Waals surface area (Å²) in [6.45, 7) is 0. The van der Waals surface area contributed by atoms with E-state index in [1.807, 2.05) is 0 Å². The van der Waals surface area contributed by atoms with Gasteiger partial charge in [0.1, 0.15) is 0 Å². The molecule has 0 aliphatic carbocycles. The summed E-state index contributed by atoms with van der Waals surface area (Å²) in [7, 11) is 0. The molecule has 5 heteroatoms. The number of hydrogen-bond acceptors (Lipinski definition) is 1. The Labute approximate surface area is 77.3 Å². The van der Waals surface area contributed by atoms with E-state index in [2.05, 4.69) is 6.07 Å². The van der Waals surface area contributed by atoms with Gasteiger partial charge in [0, 0.05) is 16.7 Å². The van der Waals surface area contributed by atoms with E-state index in [1.165, 1.54) is 0 Å². The Balaban J connectivity index is 3.20. The maximum atomic E-state index is 12.2. The molecule has 0 heterocycles. The van der Waals surface area contributed by atoms with Gasteiger partial charge in [-0.2, -0.15) is 0 Å². The number of alkyl halides is 4. The zero-order valence-electron chi connectivity index (χ0n) is 6.81. The molecule has 0 saturated carbocycles. The molecule has 1 rings (SSSR count). The van der Waals surface area contributed by atoms with Crippen LogP contribution in [0.25, 0.3) is 0 Å². The molecule has 0 aliphatic rings. The van der Waals surface area contributed by atoms with E-state index in [9.17, 15) is 22.4 Å². The van der Waals surface area contributed by atoms with Crippen LogP contribution in [-0.2, 0) is 0 Å². The molecular weight excluding hydrogens is 200 g/mol. The Kier molecular flexibility index (Phi) is 3.22. The average molecular weight is 205 g/mol. The number of aldehydes is 1. The SMILES string of the molecule is O=Cc1[c]cc(C(F)F)cc1C(F)F. The van der Waals surface area contributed by atoms with Crippen LogP contribution in [0.4, 0.5) is 17.6 Å². The van der Waals surface area contributed by atoms with Crippen LogP contribution in [0.5, 0.6) is 0 Å². The van der Waals surface area contributed by atoms with Gasteiger partial charge in [0.2, 0.25) is 0 Å². The Bertz CT molecular complexity index is 336. The fraction of sp³-hybridized carbons (Fsp3) is 0.222. The van der Waals surface area contributed by atoms with Gasteiger partial charge in [0.15, 0.2) is 6.29 Å². The van der Waals surface area contributed by atoms with E-state index in [1.54, 1.807) is 0 Å². The van der Waals surface area contributed by atoms with Crippen LogP contribution in [-0.4, -0.2) is 6.29 Å². The summed E-state index contributed by atoms with van der Waals surface area (Å²) in [5.41, 5.74) is -1.66. The van der Waals surface area contributed by atoms with Crippen molar-refractivity contribution in [2.24, 2.45) is 0 Å². The Hall–Kier alpha value is -1.39. The summed E-state index contributed by atoms with van der Waals surface area (Å²) >= 11 is 0. The van der Waals surface area contributed by atoms with Gasteiger partial charge < -0.3 is 0 Å². The zero-order chi connectivity index (χ0) is 10.7. The molecule has 1 aromatic rings. The fourth-order valence-corrected chi connectivity index (χ4v) is 0.952. The minimum Gasteiger partial charge on any atom is -0.298 e. The molecule has 1 radical (unpaired) electrons. The average Bonchev–Trinajstić information content (AvgIpc) is 2.16. The predicted octanol–water partition coefficient (Wildman–Crippen LogP) is 3.17. The molecule has 75 valence electrons. The second-order valence-electron chi connectivity index (χ2n) is 2.52. The standard InChI is InChI=1S/C9H5F4O/c10-8(11)5-1-2-6(4-14)7(3-5)9(12)13/h1,3-4,8-9H. The van der Waals surface area contributed by atoms with E-state index < -0.39 is 24.0 Å². The van der Waals surface area contributed by atoms with Gasteiger partial charge in [-0.15, -0.1) is 0 Å². The quantitative estimate of drug-likeness (QED) is 0.547. The van der Waals surface area contributed by atoms with Crippen LogP contribution in [0.2, 0.25) is 0 Å². The van der Waals surface area contributed by atoms with E-state index in [4.69, 9.17) is 0 Å². The van der Waals surface area contributed by atoms with E-state index >= 15 is 0 Å². The molecule has 0 fully saturated rings. The Morgan fingerprint density at radius 1 is 1.21 bits per heavy atom. The Morgan fingerprint density at radius 3 is 2.29 bits per heavy atom. The predicted molar refractivity (Wildman–Crippen MR) is 40.6 cm³/mol. The number of halogens is 4. The summed E-state index contributed by atoms with van der Waals surface area (Å²) in [5.74, 6) is 0. The molecule has 0 atom stereocenters. The molecular formula is C9H5F4O. The van der Waals surface area contributed by atoms with Crippen molar-refractivity contribution >= 4 is 6.29 Å². The van der Waals surface area contributed by atoms with E-state index in [0.29, 0.717) is 6.07 Å². The topological polar surface area (TPSA) is 17.1 Å².